The number of ether oxygens (including phenoxy) is 1. The van der Waals surface area contributed by atoms with Gasteiger partial charge in [-0.2, -0.15) is 5.26 Å². The number of hydrogen-bond acceptors (Lipinski definition) is 2. The van der Waals surface area contributed by atoms with Gasteiger partial charge in [0.05, 0.1) is 12.7 Å². The summed E-state index contributed by atoms with van der Waals surface area (Å²) in [5, 5.41) is 9.72. The molecular formula is C31H43NO. The van der Waals surface area contributed by atoms with E-state index in [9.17, 15) is 5.26 Å². The molecule has 1 fully saturated rings. The first-order valence-electron chi connectivity index (χ1n) is 13.5. The van der Waals surface area contributed by atoms with Crippen LogP contribution in [0.25, 0.3) is 11.1 Å². The van der Waals surface area contributed by atoms with Crippen LogP contribution in [0.4, 0.5) is 0 Å². The zero-order valence-electron chi connectivity index (χ0n) is 20.9. The molecule has 1 saturated carbocycles. The van der Waals surface area contributed by atoms with E-state index in [4.69, 9.17) is 4.74 Å². The van der Waals surface area contributed by atoms with Gasteiger partial charge in [-0.05, 0) is 79.2 Å². The van der Waals surface area contributed by atoms with Gasteiger partial charge in [0.25, 0.3) is 0 Å². The van der Waals surface area contributed by atoms with Crippen LogP contribution in [0.15, 0.2) is 48.5 Å². The molecule has 2 aromatic rings. The first-order valence-corrected chi connectivity index (χ1v) is 13.5. The van der Waals surface area contributed by atoms with E-state index in [2.05, 4.69) is 68.4 Å². The van der Waals surface area contributed by atoms with E-state index in [1.807, 2.05) is 0 Å². The summed E-state index contributed by atoms with van der Waals surface area (Å²) in [6.45, 7) is 5.23. The van der Waals surface area contributed by atoms with Crippen LogP contribution in [0.3, 0.4) is 0 Å². The molecule has 0 N–H and O–H groups in total. The maximum absolute atomic E-state index is 9.72. The van der Waals surface area contributed by atoms with E-state index in [-0.39, 0.29) is 5.92 Å². The normalized spacial score (nSPS) is 19.1. The molecule has 0 radical (unpaired) electrons. The molecule has 1 atom stereocenters. The zero-order valence-corrected chi connectivity index (χ0v) is 20.9. The Kier molecular flexibility index (Phi) is 10.8. The fourth-order valence-corrected chi connectivity index (χ4v) is 5.25. The number of nitriles is 1. The minimum absolute atomic E-state index is 0.267. The number of rotatable bonds is 13. The van der Waals surface area contributed by atoms with E-state index < -0.39 is 0 Å². The average Bonchev–Trinajstić information content (AvgIpc) is 2.87. The summed E-state index contributed by atoms with van der Waals surface area (Å²) in [5.74, 6) is 2.48. The quantitative estimate of drug-likeness (QED) is 0.288. The molecule has 0 spiro atoms. The van der Waals surface area contributed by atoms with Gasteiger partial charge < -0.3 is 4.74 Å². The van der Waals surface area contributed by atoms with Crippen molar-refractivity contribution in [1.82, 2.24) is 0 Å². The Morgan fingerprint density at radius 1 is 0.788 bits per heavy atom. The van der Waals surface area contributed by atoms with E-state index >= 15 is 0 Å². The second kappa shape index (κ2) is 14.1. The largest absolute Gasteiger partial charge is 0.494 e. The van der Waals surface area contributed by atoms with Crippen LogP contribution in [0, 0.1) is 23.2 Å². The highest BCUT2D eigenvalue weighted by atomic mass is 16.5. The van der Waals surface area contributed by atoms with Crippen molar-refractivity contribution < 1.29 is 4.74 Å². The number of nitrogens with zero attached hydrogens (tertiary/aromatic N) is 1. The molecular weight excluding hydrogens is 402 g/mol. The molecule has 0 heterocycles. The third kappa shape index (κ3) is 7.92. The second-order valence-corrected chi connectivity index (χ2v) is 9.90. The van der Waals surface area contributed by atoms with Crippen molar-refractivity contribution in [2.75, 3.05) is 6.61 Å². The molecule has 2 aromatic carbocycles. The number of benzene rings is 2. The molecule has 1 aliphatic carbocycles. The maximum Gasteiger partial charge on any atom is 0.119 e. The maximum atomic E-state index is 9.72. The summed E-state index contributed by atoms with van der Waals surface area (Å²) in [5.41, 5.74) is 3.97. The Morgan fingerprint density at radius 3 is 2.00 bits per heavy atom. The molecule has 2 heteroatoms. The van der Waals surface area contributed by atoms with Gasteiger partial charge in [-0.25, -0.2) is 0 Å². The van der Waals surface area contributed by atoms with Crippen LogP contribution in [0.2, 0.25) is 0 Å². The molecule has 0 aliphatic heterocycles. The zero-order chi connectivity index (χ0) is 23.3. The minimum Gasteiger partial charge on any atom is -0.494 e. The van der Waals surface area contributed by atoms with Crippen molar-refractivity contribution in [3.05, 3.63) is 54.1 Å². The van der Waals surface area contributed by atoms with Crippen LogP contribution in [0.5, 0.6) is 5.75 Å². The summed E-state index contributed by atoms with van der Waals surface area (Å²) in [6, 6.07) is 20.3. The lowest BCUT2D eigenvalue weighted by atomic mass is 9.73. The topological polar surface area (TPSA) is 33.0 Å². The van der Waals surface area contributed by atoms with Gasteiger partial charge in [0, 0.05) is 5.92 Å². The highest BCUT2D eigenvalue weighted by Gasteiger charge is 2.28. The Balaban J connectivity index is 1.47. The average molecular weight is 446 g/mol. The van der Waals surface area contributed by atoms with Crippen LogP contribution >= 0.6 is 0 Å². The number of hydrogen-bond donors (Lipinski definition) is 0. The summed E-state index contributed by atoms with van der Waals surface area (Å²) < 4.78 is 5.79. The van der Waals surface area contributed by atoms with Crippen molar-refractivity contribution in [1.29, 1.82) is 5.26 Å². The SMILES string of the molecule is CCCCCCCC(C#N)[C@H]1CC[C@H](c2ccc(-c3ccc(OCCCC)cc3)cc2)CC1. The Bertz CT molecular complexity index is 825. The summed E-state index contributed by atoms with van der Waals surface area (Å²) >= 11 is 0. The highest BCUT2D eigenvalue weighted by Crippen LogP contribution is 2.40. The first kappa shape index (κ1) is 25.4. The summed E-state index contributed by atoms with van der Waals surface area (Å²) in [6.07, 6.45) is 14.7. The fraction of sp³-hybridized carbons (Fsp3) is 0.581. The van der Waals surface area contributed by atoms with Crippen molar-refractivity contribution >= 4 is 0 Å². The van der Waals surface area contributed by atoms with Crippen molar-refractivity contribution in [2.45, 2.75) is 96.8 Å². The fourth-order valence-electron chi connectivity index (χ4n) is 5.25. The first-order chi connectivity index (χ1) is 16.2. The molecule has 3 rings (SSSR count). The molecule has 2 nitrogen and oxygen atoms in total. The van der Waals surface area contributed by atoms with Crippen LogP contribution in [0.1, 0.15) is 102 Å². The van der Waals surface area contributed by atoms with Crippen molar-refractivity contribution in [3.63, 3.8) is 0 Å². The predicted octanol–water partition coefficient (Wildman–Crippen LogP) is 9.31. The molecule has 0 amide bonds. The van der Waals surface area contributed by atoms with Gasteiger partial charge in [0.1, 0.15) is 5.75 Å². The summed E-state index contributed by atoms with van der Waals surface area (Å²) in [7, 11) is 0. The number of unbranched alkanes of at least 4 members (excludes halogenated alkanes) is 5. The molecule has 178 valence electrons. The van der Waals surface area contributed by atoms with Gasteiger partial charge in [-0.1, -0.05) is 88.8 Å². The lowest BCUT2D eigenvalue weighted by Gasteiger charge is -2.31. The second-order valence-electron chi connectivity index (χ2n) is 9.90. The minimum atomic E-state index is 0.267. The monoisotopic (exact) mass is 445 g/mol. The smallest absolute Gasteiger partial charge is 0.119 e. The van der Waals surface area contributed by atoms with Crippen LogP contribution < -0.4 is 4.74 Å². The van der Waals surface area contributed by atoms with Gasteiger partial charge in [0.15, 0.2) is 0 Å². The van der Waals surface area contributed by atoms with Gasteiger partial charge in [-0.15, -0.1) is 0 Å². The van der Waals surface area contributed by atoms with E-state index in [0.29, 0.717) is 11.8 Å². The molecule has 0 bridgehead atoms. The third-order valence-electron chi connectivity index (χ3n) is 7.46. The molecule has 1 aliphatic rings. The standard InChI is InChI=1S/C31H43NO/c1-3-5-7-8-9-10-30(24-32)29-17-15-26(16-18-29)25-11-13-27(14-12-25)28-19-21-31(22-20-28)33-23-6-4-2/h11-14,19-22,26,29-30H,3-10,15-18,23H2,1-2H3/t26-,29-,30?. The van der Waals surface area contributed by atoms with Gasteiger partial charge in [0.2, 0.25) is 0 Å². The van der Waals surface area contributed by atoms with E-state index in [1.165, 1.54) is 74.5 Å². The van der Waals surface area contributed by atoms with E-state index in [1.54, 1.807) is 0 Å². The van der Waals surface area contributed by atoms with Crippen LogP contribution in [-0.2, 0) is 0 Å². The Morgan fingerprint density at radius 2 is 1.39 bits per heavy atom. The molecule has 0 saturated heterocycles. The highest BCUT2D eigenvalue weighted by molar-refractivity contribution is 5.64. The molecule has 1 unspecified atom stereocenters. The molecule has 0 aromatic heterocycles. The third-order valence-corrected chi connectivity index (χ3v) is 7.46. The lowest BCUT2D eigenvalue weighted by Crippen LogP contribution is -2.20. The summed E-state index contributed by atoms with van der Waals surface area (Å²) in [4.78, 5) is 0. The Labute approximate surface area is 202 Å². The van der Waals surface area contributed by atoms with Gasteiger partial charge in [-0.3, -0.25) is 0 Å². The van der Waals surface area contributed by atoms with Crippen molar-refractivity contribution in [3.8, 4) is 22.9 Å². The van der Waals surface area contributed by atoms with Crippen molar-refractivity contribution in [2.24, 2.45) is 11.8 Å². The lowest BCUT2D eigenvalue weighted by molar-refractivity contribution is 0.256. The predicted molar refractivity (Wildman–Crippen MR) is 139 cm³/mol. The Hall–Kier alpha value is -2.27. The van der Waals surface area contributed by atoms with Gasteiger partial charge >= 0.3 is 0 Å². The molecule has 33 heavy (non-hydrogen) atoms. The van der Waals surface area contributed by atoms with Crippen LogP contribution in [-0.4, -0.2) is 6.61 Å². The van der Waals surface area contributed by atoms with E-state index in [0.717, 1.165) is 31.6 Å².